The summed E-state index contributed by atoms with van der Waals surface area (Å²) in [6.07, 6.45) is 0.997. The molecule has 0 atom stereocenters. The van der Waals surface area contributed by atoms with Gasteiger partial charge in [-0.25, -0.2) is 0 Å². The van der Waals surface area contributed by atoms with E-state index in [1.54, 1.807) is 6.07 Å². The Labute approximate surface area is 118 Å². The van der Waals surface area contributed by atoms with Crippen LogP contribution in [0.5, 0.6) is 5.75 Å². The Morgan fingerprint density at radius 3 is 2.40 bits per heavy atom. The highest BCUT2D eigenvalue weighted by molar-refractivity contribution is 5.95. The molecule has 0 aliphatic rings. The second-order valence-electron chi connectivity index (χ2n) is 4.63. The number of hydrogen-bond acceptors (Lipinski definition) is 3. The van der Waals surface area contributed by atoms with Crippen molar-refractivity contribution in [3.8, 4) is 5.75 Å². The summed E-state index contributed by atoms with van der Waals surface area (Å²) >= 11 is 0. The fourth-order valence-corrected chi connectivity index (χ4v) is 1.86. The lowest BCUT2D eigenvalue weighted by molar-refractivity contribution is 0.0950. The first-order valence-corrected chi connectivity index (χ1v) is 6.54. The zero-order chi connectivity index (χ0) is 14.5. The van der Waals surface area contributed by atoms with Gasteiger partial charge in [-0.05, 0) is 35.7 Å². The molecular weight excluding hydrogens is 252 g/mol. The van der Waals surface area contributed by atoms with E-state index in [9.17, 15) is 9.90 Å². The molecule has 4 nitrogen and oxygen atoms in total. The smallest absolute Gasteiger partial charge is 0.251 e. The lowest BCUT2D eigenvalue weighted by atomic mass is 10.1. The number of carbonyl (C=O) groups excluding carboxylic acids is 1. The summed E-state index contributed by atoms with van der Waals surface area (Å²) in [6, 6.07) is 12.6. The molecule has 0 aromatic heterocycles. The number of hydrogen-bond donors (Lipinski definition) is 3. The van der Waals surface area contributed by atoms with Gasteiger partial charge in [0.2, 0.25) is 0 Å². The summed E-state index contributed by atoms with van der Waals surface area (Å²) in [6.45, 7) is 2.55. The van der Waals surface area contributed by atoms with Crippen molar-refractivity contribution in [1.82, 2.24) is 5.32 Å². The molecule has 4 N–H and O–H groups in total. The number of rotatable bonds is 4. The van der Waals surface area contributed by atoms with Crippen LogP contribution in [0.25, 0.3) is 0 Å². The van der Waals surface area contributed by atoms with Crippen molar-refractivity contribution in [2.24, 2.45) is 0 Å². The Morgan fingerprint density at radius 1 is 1.15 bits per heavy atom. The van der Waals surface area contributed by atoms with Crippen molar-refractivity contribution in [2.45, 2.75) is 19.9 Å². The van der Waals surface area contributed by atoms with Gasteiger partial charge in [-0.15, -0.1) is 0 Å². The standard InChI is InChI=1S/C16H18N2O2/c1-2-11-3-5-12(6-4-11)10-18-16(20)13-7-8-14(17)15(19)9-13/h3-9,19H,2,10,17H2,1H3,(H,18,20). The molecule has 0 bridgehead atoms. The lowest BCUT2D eigenvalue weighted by Crippen LogP contribution is -2.22. The number of phenolic OH excluding ortho intramolecular Hbond substituents is 1. The highest BCUT2D eigenvalue weighted by atomic mass is 16.3. The van der Waals surface area contributed by atoms with Crippen molar-refractivity contribution in [3.63, 3.8) is 0 Å². The van der Waals surface area contributed by atoms with Crippen LogP contribution >= 0.6 is 0 Å². The molecule has 4 heteroatoms. The maximum absolute atomic E-state index is 11.9. The number of carbonyl (C=O) groups is 1. The minimum atomic E-state index is -0.236. The highest BCUT2D eigenvalue weighted by Gasteiger charge is 2.07. The number of benzene rings is 2. The normalized spacial score (nSPS) is 10.2. The van der Waals surface area contributed by atoms with Gasteiger partial charge in [-0.1, -0.05) is 31.2 Å². The van der Waals surface area contributed by atoms with Crippen molar-refractivity contribution >= 4 is 11.6 Å². The molecule has 0 heterocycles. The molecule has 0 unspecified atom stereocenters. The number of anilines is 1. The Kier molecular flexibility index (Phi) is 4.25. The zero-order valence-electron chi connectivity index (χ0n) is 11.4. The molecule has 0 fully saturated rings. The number of nitrogen functional groups attached to an aromatic ring is 1. The van der Waals surface area contributed by atoms with Gasteiger partial charge < -0.3 is 16.2 Å². The van der Waals surface area contributed by atoms with E-state index in [1.165, 1.54) is 17.7 Å². The predicted octanol–water partition coefficient (Wildman–Crippen LogP) is 2.47. The zero-order valence-corrected chi connectivity index (χ0v) is 11.4. The van der Waals surface area contributed by atoms with E-state index < -0.39 is 0 Å². The summed E-state index contributed by atoms with van der Waals surface area (Å²) in [5, 5.41) is 12.3. The van der Waals surface area contributed by atoms with Crippen LogP contribution in [0.3, 0.4) is 0 Å². The molecular formula is C16H18N2O2. The number of amides is 1. The van der Waals surface area contributed by atoms with E-state index in [0.717, 1.165) is 12.0 Å². The van der Waals surface area contributed by atoms with E-state index >= 15 is 0 Å². The molecule has 1 amide bonds. The van der Waals surface area contributed by atoms with E-state index in [1.807, 2.05) is 12.1 Å². The molecule has 0 spiro atoms. The molecule has 104 valence electrons. The van der Waals surface area contributed by atoms with Crippen LogP contribution < -0.4 is 11.1 Å². The van der Waals surface area contributed by atoms with E-state index in [4.69, 9.17) is 5.73 Å². The second-order valence-corrected chi connectivity index (χ2v) is 4.63. The first kappa shape index (κ1) is 13.9. The van der Waals surface area contributed by atoms with Gasteiger partial charge in [0.25, 0.3) is 5.91 Å². The van der Waals surface area contributed by atoms with Gasteiger partial charge in [0.05, 0.1) is 5.69 Å². The molecule has 0 aliphatic carbocycles. The minimum Gasteiger partial charge on any atom is -0.506 e. The van der Waals surface area contributed by atoms with Crippen LogP contribution in [0.2, 0.25) is 0 Å². The number of aryl methyl sites for hydroxylation is 1. The average Bonchev–Trinajstić information content (AvgIpc) is 2.48. The minimum absolute atomic E-state index is 0.0788. The summed E-state index contributed by atoms with van der Waals surface area (Å²) < 4.78 is 0. The third-order valence-electron chi connectivity index (χ3n) is 3.18. The molecule has 2 aromatic carbocycles. The maximum Gasteiger partial charge on any atom is 0.251 e. The van der Waals surface area contributed by atoms with Crippen LogP contribution in [0, 0.1) is 0 Å². The number of nitrogens with two attached hydrogens (primary N) is 1. The van der Waals surface area contributed by atoms with Gasteiger partial charge in [-0.3, -0.25) is 4.79 Å². The van der Waals surface area contributed by atoms with E-state index in [0.29, 0.717) is 12.1 Å². The molecule has 0 saturated carbocycles. The van der Waals surface area contributed by atoms with Crippen LogP contribution in [-0.4, -0.2) is 11.0 Å². The molecule has 0 aliphatic heterocycles. The Morgan fingerprint density at radius 2 is 1.80 bits per heavy atom. The topological polar surface area (TPSA) is 75.4 Å². The van der Waals surface area contributed by atoms with Crippen LogP contribution in [0.15, 0.2) is 42.5 Å². The second kappa shape index (κ2) is 6.10. The molecule has 2 aromatic rings. The van der Waals surface area contributed by atoms with Crippen molar-refractivity contribution in [2.75, 3.05) is 5.73 Å². The summed E-state index contributed by atoms with van der Waals surface area (Å²) in [5.41, 5.74) is 8.46. The SMILES string of the molecule is CCc1ccc(CNC(=O)c2ccc(N)c(O)c2)cc1. The molecule has 20 heavy (non-hydrogen) atoms. The highest BCUT2D eigenvalue weighted by Crippen LogP contribution is 2.20. The Balaban J connectivity index is 1.98. The summed E-state index contributed by atoms with van der Waals surface area (Å²) in [4.78, 5) is 11.9. The van der Waals surface area contributed by atoms with Gasteiger partial charge >= 0.3 is 0 Å². The monoisotopic (exact) mass is 270 g/mol. The van der Waals surface area contributed by atoms with Gasteiger partial charge in [-0.2, -0.15) is 0 Å². The fourth-order valence-electron chi connectivity index (χ4n) is 1.86. The predicted molar refractivity (Wildman–Crippen MR) is 79.5 cm³/mol. The number of nitrogens with one attached hydrogen (secondary N) is 1. The molecule has 0 saturated heterocycles. The average molecular weight is 270 g/mol. The summed E-state index contributed by atoms with van der Waals surface area (Å²) in [7, 11) is 0. The fraction of sp³-hybridized carbons (Fsp3) is 0.188. The quantitative estimate of drug-likeness (QED) is 0.590. The number of phenols is 1. The van der Waals surface area contributed by atoms with Gasteiger partial charge in [0.1, 0.15) is 5.75 Å². The molecule has 0 radical (unpaired) electrons. The van der Waals surface area contributed by atoms with E-state index in [-0.39, 0.29) is 17.3 Å². The van der Waals surface area contributed by atoms with Crippen molar-refractivity contribution < 1.29 is 9.90 Å². The maximum atomic E-state index is 11.9. The number of aromatic hydroxyl groups is 1. The van der Waals surface area contributed by atoms with Crippen molar-refractivity contribution in [3.05, 3.63) is 59.2 Å². The van der Waals surface area contributed by atoms with Crippen LogP contribution in [-0.2, 0) is 13.0 Å². The first-order chi connectivity index (χ1) is 9.60. The van der Waals surface area contributed by atoms with Crippen molar-refractivity contribution in [1.29, 1.82) is 0 Å². The summed E-state index contributed by atoms with van der Waals surface area (Å²) in [5.74, 6) is -0.315. The van der Waals surface area contributed by atoms with Gasteiger partial charge in [0.15, 0.2) is 0 Å². The largest absolute Gasteiger partial charge is 0.506 e. The third-order valence-corrected chi connectivity index (χ3v) is 3.18. The molecule has 2 rings (SSSR count). The van der Waals surface area contributed by atoms with E-state index in [2.05, 4.69) is 24.4 Å². The Bertz CT molecular complexity index is 606. The van der Waals surface area contributed by atoms with Crippen LogP contribution in [0.1, 0.15) is 28.4 Å². The third kappa shape index (κ3) is 3.29. The lowest BCUT2D eigenvalue weighted by Gasteiger charge is -2.07. The first-order valence-electron chi connectivity index (χ1n) is 6.54. The van der Waals surface area contributed by atoms with Gasteiger partial charge in [0, 0.05) is 12.1 Å². The van der Waals surface area contributed by atoms with Crippen LogP contribution in [0.4, 0.5) is 5.69 Å². The Hall–Kier alpha value is -2.49.